The number of rotatable bonds is 4. The molecule has 0 saturated carbocycles. The van der Waals surface area contributed by atoms with Crippen molar-refractivity contribution < 1.29 is 4.92 Å². The Morgan fingerprint density at radius 2 is 1.85 bits per heavy atom. The van der Waals surface area contributed by atoms with E-state index in [1.54, 1.807) is 0 Å². The molecule has 0 amide bonds. The number of benzene rings is 1. The number of hydrogen-bond acceptors (Lipinski definition) is 3. The number of aromatic nitrogens is 1. The van der Waals surface area contributed by atoms with Crippen LogP contribution in [0.2, 0.25) is 0 Å². The van der Waals surface area contributed by atoms with Gasteiger partial charge in [-0.2, -0.15) is 0 Å². The van der Waals surface area contributed by atoms with Gasteiger partial charge in [-0.3, -0.25) is 15.1 Å². The Bertz CT molecular complexity index is 987. The number of aryl methyl sites for hydroxylation is 2. The van der Waals surface area contributed by atoms with Crippen molar-refractivity contribution in [2.75, 3.05) is 0 Å². The van der Waals surface area contributed by atoms with Crippen LogP contribution >= 0.6 is 0 Å². The van der Waals surface area contributed by atoms with Gasteiger partial charge in [0, 0.05) is 23.1 Å². The number of hydrogen-bond donors (Lipinski definition) is 1. The second-order valence-electron chi connectivity index (χ2n) is 6.54. The summed E-state index contributed by atoms with van der Waals surface area (Å²) >= 11 is 0. The van der Waals surface area contributed by atoms with Gasteiger partial charge in [0.15, 0.2) is 0 Å². The number of aliphatic imine (C=N–C) groups is 1. The largest absolute Gasteiger partial charge is 0.358 e. The van der Waals surface area contributed by atoms with Crippen molar-refractivity contribution in [1.82, 2.24) is 4.98 Å². The number of nitrogens with one attached hydrogen (secondary N) is 1. The zero-order valence-corrected chi connectivity index (χ0v) is 15.3. The fourth-order valence-electron chi connectivity index (χ4n) is 3.23. The summed E-state index contributed by atoms with van der Waals surface area (Å²) in [5, 5.41) is 10.5. The SMILES string of the molecule is CC1=CC(C)=N/C1=C(/c1ccc(/C=C/[N+](=O)[O-])cc1)c1[nH]c(C)cc1C. The van der Waals surface area contributed by atoms with Crippen LogP contribution in [0.25, 0.3) is 11.6 Å². The molecule has 1 N–H and O–H groups in total. The Labute approximate surface area is 152 Å². The normalized spacial score (nSPS) is 16.0. The Balaban J connectivity index is 2.14. The lowest BCUT2D eigenvalue weighted by molar-refractivity contribution is -0.400. The zero-order valence-electron chi connectivity index (χ0n) is 15.3. The second kappa shape index (κ2) is 6.96. The van der Waals surface area contributed by atoms with Gasteiger partial charge in [-0.05, 0) is 62.1 Å². The lowest BCUT2D eigenvalue weighted by Crippen LogP contribution is -1.96. The minimum absolute atomic E-state index is 0.462. The van der Waals surface area contributed by atoms with Gasteiger partial charge in [-0.25, -0.2) is 0 Å². The van der Waals surface area contributed by atoms with Gasteiger partial charge in [0.25, 0.3) is 0 Å². The topological polar surface area (TPSA) is 71.3 Å². The highest BCUT2D eigenvalue weighted by molar-refractivity contribution is 6.01. The molecule has 0 unspecified atom stereocenters. The highest BCUT2D eigenvalue weighted by Gasteiger charge is 2.19. The quantitative estimate of drug-likeness (QED) is 0.620. The molecular formula is C21H21N3O2. The summed E-state index contributed by atoms with van der Waals surface area (Å²) in [4.78, 5) is 18.2. The maximum absolute atomic E-state index is 10.5. The molecule has 0 fully saturated rings. The van der Waals surface area contributed by atoms with Crippen LogP contribution < -0.4 is 0 Å². The predicted molar refractivity (Wildman–Crippen MR) is 106 cm³/mol. The molecular weight excluding hydrogens is 326 g/mol. The van der Waals surface area contributed by atoms with Crippen molar-refractivity contribution in [2.45, 2.75) is 27.7 Å². The monoisotopic (exact) mass is 347 g/mol. The van der Waals surface area contributed by atoms with Crippen molar-refractivity contribution >= 4 is 17.4 Å². The second-order valence-corrected chi connectivity index (χ2v) is 6.54. The van der Waals surface area contributed by atoms with E-state index in [1.807, 2.05) is 38.1 Å². The average Bonchev–Trinajstić information content (AvgIpc) is 3.08. The minimum Gasteiger partial charge on any atom is -0.358 e. The summed E-state index contributed by atoms with van der Waals surface area (Å²) in [7, 11) is 0. The van der Waals surface area contributed by atoms with Crippen LogP contribution in [0.3, 0.4) is 0 Å². The van der Waals surface area contributed by atoms with Crippen molar-refractivity contribution in [3.63, 3.8) is 0 Å². The van der Waals surface area contributed by atoms with E-state index in [1.165, 1.54) is 6.08 Å². The van der Waals surface area contributed by atoms with Crippen molar-refractivity contribution in [3.05, 3.63) is 92.1 Å². The predicted octanol–water partition coefficient (Wildman–Crippen LogP) is 5.06. The number of aromatic amines is 1. The first kappa shape index (κ1) is 17.6. The van der Waals surface area contributed by atoms with Gasteiger partial charge in [0.05, 0.1) is 16.3 Å². The molecule has 1 aliphatic rings. The first-order chi connectivity index (χ1) is 12.3. The molecule has 5 heteroatoms. The molecule has 0 radical (unpaired) electrons. The van der Waals surface area contributed by atoms with Crippen LogP contribution in [0.1, 0.15) is 41.9 Å². The molecule has 1 aromatic heterocycles. The van der Waals surface area contributed by atoms with Gasteiger partial charge in [0.1, 0.15) is 0 Å². The fourth-order valence-corrected chi connectivity index (χ4v) is 3.23. The minimum atomic E-state index is -0.462. The third kappa shape index (κ3) is 3.57. The molecule has 2 heterocycles. The lowest BCUT2D eigenvalue weighted by Gasteiger charge is -2.12. The van der Waals surface area contributed by atoms with E-state index in [2.05, 4.69) is 31.0 Å². The van der Waals surface area contributed by atoms with Crippen molar-refractivity contribution in [3.8, 4) is 0 Å². The van der Waals surface area contributed by atoms with Crippen LogP contribution in [-0.2, 0) is 0 Å². The molecule has 0 atom stereocenters. The zero-order chi connectivity index (χ0) is 18.8. The van der Waals surface area contributed by atoms with E-state index in [9.17, 15) is 10.1 Å². The number of nitro groups is 1. The van der Waals surface area contributed by atoms with Crippen LogP contribution in [0.5, 0.6) is 0 Å². The van der Waals surface area contributed by atoms with Gasteiger partial charge >= 0.3 is 0 Å². The molecule has 0 spiro atoms. The van der Waals surface area contributed by atoms with E-state index in [0.717, 1.165) is 56.8 Å². The van der Waals surface area contributed by atoms with Gasteiger partial charge < -0.3 is 4.98 Å². The highest BCUT2D eigenvalue weighted by Crippen LogP contribution is 2.35. The number of H-pyrrole nitrogens is 1. The van der Waals surface area contributed by atoms with Gasteiger partial charge in [-0.15, -0.1) is 0 Å². The van der Waals surface area contributed by atoms with Crippen molar-refractivity contribution in [1.29, 1.82) is 0 Å². The van der Waals surface area contributed by atoms with Crippen LogP contribution in [0, 0.1) is 24.0 Å². The summed E-state index contributed by atoms with van der Waals surface area (Å²) in [5.74, 6) is 0. The van der Waals surface area contributed by atoms with E-state index >= 15 is 0 Å². The Kier molecular flexibility index (Phi) is 4.71. The van der Waals surface area contributed by atoms with Crippen LogP contribution in [0.4, 0.5) is 0 Å². The van der Waals surface area contributed by atoms with Gasteiger partial charge in [0.2, 0.25) is 6.20 Å². The Morgan fingerprint density at radius 1 is 1.15 bits per heavy atom. The van der Waals surface area contributed by atoms with Crippen LogP contribution in [-0.4, -0.2) is 15.6 Å². The summed E-state index contributed by atoms with van der Waals surface area (Å²) in [6, 6.07) is 9.84. The highest BCUT2D eigenvalue weighted by atomic mass is 16.6. The Morgan fingerprint density at radius 3 is 2.35 bits per heavy atom. The molecule has 5 nitrogen and oxygen atoms in total. The third-order valence-corrected chi connectivity index (χ3v) is 4.31. The molecule has 26 heavy (non-hydrogen) atoms. The van der Waals surface area contributed by atoms with Crippen molar-refractivity contribution in [2.24, 2.45) is 4.99 Å². The lowest BCUT2D eigenvalue weighted by atomic mass is 9.95. The first-order valence-electron chi connectivity index (χ1n) is 8.42. The van der Waals surface area contributed by atoms with Crippen LogP contribution in [0.15, 0.2) is 58.9 Å². The Hall–Kier alpha value is -3.21. The molecule has 1 aliphatic heterocycles. The summed E-state index contributed by atoms with van der Waals surface area (Å²) in [6.45, 7) is 8.18. The maximum atomic E-state index is 10.5. The average molecular weight is 347 g/mol. The molecule has 2 aromatic rings. The van der Waals surface area contributed by atoms with E-state index < -0.39 is 4.92 Å². The summed E-state index contributed by atoms with van der Waals surface area (Å²) in [5.41, 5.74) is 9.24. The smallest absolute Gasteiger partial charge is 0.235 e. The molecule has 3 rings (SSSR count). The molecule has 132 valence electrons. The fraction of sp³-hybridized carbons (Fsp3) is 0.190. The number of allylic oxidation sites excluding steroid dienone is 2. The molecule has 0 saturated heterocycles. The number of nitrogens with zero attached hydrogens (tertiary/aromatic N) is 2. The first-order valence-corrected chi connectivity index (χ1v) is 8.42. The molecule has 0 bridgehead atoms. The van der Waals surface area contributed by atoms with E-state index in [-0.39, 0.29) is 0 Å². The summed E-state index contributed by atoms with van der Waals surface area (Å²) in [6.07, 6.45) is 4.52. The van der Waals surface area contributed by atoms with E-state index in [0.29, 0.717) is 0 Å². The maximum Gasteiger partial charge on any atom is 0.235 e. The summed E-state index contributed by atoms with van der Waals surface area (Å²) < 4.78 is 0. The third-order valence-electron chi connectivity index (χ3n) is 4.31. The standard InChI is InChI=1S/C21H21N3O2/c1-13-11-15(3)22-20(13)19(21-14(2)12-16(4)23-21)18-7-5-17(6-8-18)9-10-24(25)26/h5-12,22H,1-4H3/b10-9+,21-19-. The molecule has 0 aliphatic carbocycles. The van der Waals surface area contributed by atoms with Gasteiger partial charge in [-0.1, -0.05) is 24.3 Å². The van der Waals surface area contributed by atoms with E-state index in [4.69, 9.17) is 4.99 Å². The molecule has 1 aromatic carbocycles.